The maximum absolute atomic E-state index is 13.2. The zero-order valence-corrected chi connectivity index (χ0v) is 9.61. The number of hydrogen-bond acceptors (Lipinski definition) is 2. The molecular weight excluding hydrogens is 235 g/mol. The van der Waals surface area contributed by atoms with Crippen LogP contribution in [0.1, 0.15) is 20.8 Å². The summed E-state index contributed by atoms with van der Waals surface area (Å²) in [6.07, 6.45) is -1.05. The fourth-order valence-corrected chi connectivity index (χ4v) is 1.05. The molecule has 0 aliphatic rings. The minimum absolute atomic E-state index is 0.630. The zero-order valence-electron chi connectivity index (χ0n) is 9.61. The van der Waals surface area contributed by atoms with Crippen LogP contribution in [0.3, 0.4) is 0 Å². The average molecular weight is 247 g/mol. The lowest BCUT2D eigenvalue weighted by molar-refractivity contribution is 0.0634. The van der Waals surface area contributed by atoms with Gasteiger partial charge in [-0.2, -0.15) is 0 Å². The molecule has 0 aliphatic heterocycles. The largest absolute Gasteiger partial charge is 0.444 e. The van der Waals surface area contributed by atoms with E-state index in [9.17, 15) is 18.0 Å². The molecule has 1 rings (SSSR count). The SMILES string of the molecule is CC(C)(C)OC(=O)Nc1c(F)ccc(F)c1F. The van der Waals surface area contributed by atoms with Crippen LogP contribution in [0, 0.1) is 17.5 Å². The van der Waals surface area contributed by atoms with Crippen molar-refractivity contribution in [2.24, 2.45) is 0 Å². The molecule has 94 valence electrons. The Morgan fingerprint density at radius 2 is 1.71 bits per heavy atom. The lowest BCUT2D eigenvalue weighted by Gasteiger charge is -2.19. The van der Waals surface area contributed by atoms with Gasteiger partial charge in [-0.3, -0.25) is 5.32 Å². The van der Waals surface area contributed by atoms with Gasteiger partial charge in [0, 0.05) is 0 Å². The second-order valence-electron chi connectivity index (χ2n) is 4.35. The van der Waals surface area contributed by atoms with Crippen LogP contribution in [0.25, 0.3) is 0 Å². The van der Waals surface area contributed by atoms with Crippen LogP contribution in [0.5, 0.6) is 0 Å². The molecule has 0 spiro atoms. The van der Waals surface area contributed by atoms with Crippen molar-refractivity contribution in [1.82, 2.24) is 0 Å². The van der Waals surface area contributed by atoms with E-state index in [1.807, 2.05) is 5.32 Å². The van der Waals surface area contributed by atoms with Crippen molar-refractivity contribution >= 4 is 11.8 Å². The van der Waals surface area contributed by atoms with Crippen molar-refractivity contribution < 1.29 is 22.7 Å². The lowest BCUT2D eigenvalue weighted by Crippen LogP contribution is -2.28. The highest BCUT2D eigenvalue weighted by Crippen LogP contribution is 2.21. The van der Waals surface area contributed by atoms with Crippen molar-refractivity contribution in [3.63, 3.8) is 0 Å². The first-order valence-corrected chi connectivity index (χ1v) is 4.84. The van der Waals surface area contributed by atoms with Crippen molar-refractivity contribution in [2.75, 3.05) is 5.32 Å². The van der Waals surface area contributed by atoms with Gasteiger partial charge in [-0.25, -0.2) is 18.0 Å². The number of carbonyl (C=O) groups is 1. The number of carbonyl (C=O) groups excluding carboxylic acids is 1. The van der Waals surface area contributed by atoms with E-state index < -0.39 is 34.8 Å². The first kappa shape index (κ1) is 13.3. The number of anilines is 1. The topological polar surface area (TPSA) is 38.3 Å². The van der Waals surface area contributed by atoms with E-state index in [4.69, 9.17) is 4.74 Å². The van der Waals surface area contributed by atoms with Gasteiger partial charge in [0.15, 0.2) is 11.6 Å². The first-order chi connectivity index (χ1) is 7.70. The molecule has 0 saturated carbocycles. The number of amides is 1. The second kappa shape index (κ2) is 4.65. The van der Waals surface area contributed by atoms with Crippen LogP contribution in [0.2, 0.25) is 0 Å². The number of rotatable bonds is 1. The second-order valence-corrected chi connectivity index (χ2v) is 4.35. The predicted molar refractivity (Wildman–Crippen MR) is 56.2 cm³/mol. The predicted octanol–water partition coefficient (Wildman–Crippen LogP) is 3.45. The smallest absolute Gasteiger partial charge is 0.412 e. The molecule has 1 N–H and O–H groups in total. The monoisotopic (exact) mass is 247 g/mol. The maximum Gasteiger partial charge on any atom is 0.412 e. The normalized spacial score (nSPS) is 11.2. The van der Waals surface area contributed by atoms with Gasteiger partial charge in [0.1, 0.15) is 17.1 Å². The standard InChI is InChI=1S/C11H12F3NO2/c1-11(2,3)17-10(16)15-9-7(13)5-4-6(12)8(9)14/h4-5H,1-3H3,(H,15,16). The Balaban J connectivity index is 2.89. The van der Waals surface area contributed by atoms with Gasteiger partial charge in [-0.15, -0.1) is 0 Å². The summed E-state index contributed by atoms with van der Waals surface area (Å²) >= 11 is 0. The Morgan fingerprint density at radius 1 is 1.18 bits per heavy atom. The summed E-state index contributed by atoms with van der Waals surface area (Å²) in [5.41, 5.74) is -1.68. The van der Waals surface area contributed by atoms with Gasteiger partial charge in [0.05, 0.1) is 0 Å². The van der Waals surface area contributed by atoms with E-state index in [0.29, 0.717) is 12.1 Å². The van der Waals surface area contributed by atoms with E-state index >= 15 is 0 Å². The summed E-state index contributed by atoms with van der Waals surface area (Å²) in [5.74, 6) is -3.79. The molecule has 0 atom stereocenters. The number of nitrogens with one attached hydrogen (secondary N) is 1. The summed E-state index contributed by atoms with van der Waals surface area (Å²) in [5, 5.41) is 1.82. The minimum atomic E-state index is -1.46. The van der Waals surface area contributed by atoms with Crippen LogP contribution < -0.4 is 5.32 Å². The van der Waals surface area contributed by atoms with E-state index in [1.54, 1.807) is 20.8 Å². The molecule has 0 unspecified atom stereocenters. The van der Waals surface area contributed by atoms with E-state index in [-0.39, 0.29) is 0 Å². The molecule has 1 amide bonds. The van der Waals surface area contributed by atoms with Crippen LogP contribution in [-0.4, -0.2) is 11.7 Å². The van der Waals surface area contributed by atoms with Gasteiger partial charge in [-0.05, 0) is 32.9 Å². The Bertz CT molecular complexity index is 441. The number of halogens is 3. The first-order valence-electron chi connectivity index (χ1n) is 4.84. The average Bonchev–Trinajstić information content (AvgIpc) is 2.16. The van der Waals surface area contributed by atoms with E-state index in [2.05, 4.69) is 0 Å². The Kier molecular flexibility index (Phi) is 3.65. The fraction of sp³-hybridized carbons (Fsp3) is 0.364. The number of ether oxygens (including phenoxy) is 1. The van der Waals surface area contributed by atoms with Crippen LogP contribution in [0.15, 0.2) is 12.1 Å². The third-order valence-electron chi connectivity index (χ3n) is 1.67. The number of hydrogen-bond donors (Lipinski definition) is 1. The molecular formula is C11H12F3NO2. The van der Waals surface area contributed by atoms with Crippen molar-refractivity contribution in [3.05, 3.63) is 29.6 Å². The molecule has 0 fully saturated rings. The van der Waals surface area contributed by atoms with Crippen LogP contribution in [0.4, 0.5) is 23.7 Å². The highest BCUT2D eigenvalue weighted by atomic mass is 19.2. The summed E-state index contributed by atoms with van der Waals surface area (Å²) in [6.45, 7) is 4.76. The van der Waals surface area contributed by atoms with Crippen molar-refractivity contribution in [2.45, 2.75) is 26.4 Å². The molecule has 0 aromatic heterocycles. The third kappa shape index (κ3) is 3.65. The maximum atomic E-state index is 13.2. The highest BCUT2D eigenvalue weighted by Gasteiger charge is 2.20. The summed E-state index contributed by atoms with van der Waals surface area (Å²) in [4.78, 5) is 11.3. The van der Waals surface area contributed by atoms with Crippen LogP contribution >= 0.6 is 0 Å². The highest BCUT2D eigenvalue weighted by molar-refractivity contribution is 5.85. The van der Waals surface area contributed by atoms with Crippen LogP contribution in [-0.2, 0) is 4.74 Å². The Hall–Kier alpha value is -1.72. The van der Waals surface area contributed by atoms with Crippen molar-refractivity contribution in [1.29, 1.82) is 0 Å². The van der Waals surface area contributed by atoms with E-state index in [1.165, 1.54) is 0 Å². The number of benzene rings is 1. The van der Waals surface area contributed by atoms with Crippen molar-refractivity contribution in [3.8, 4) is 0 Å². The molecule has 0 saturated heterocycles. The molecule has 0 radical (unpaired) electrons. The van der Waals surface area contributed by atoms with Gasteiger partial charge in [-0.1, -0.05) is 0 Å². The third-order valence-corrected chi connectivity index (χ3v) is 1.67. The Labute approximate surface area is 96.6 Å². The van der Waals surface area contributed by atoms with Gasteiger partial charge >= 0.3 is 6.09 Å². The summed E-state index contributed by atoms with van der Waals surface area (Å²) < 4.78 is 43.9. The molecule has 0 heterocycles. The molecule has 17 heavy (non-hydrogen) atoms. The quantitative estimate of drug-likeness (QED) is 0.772. The molecule has 1 aromatic rings. The van der Waals surface area contributed by atoms with E-state index in [0.717, 1.165) is 0 Å². The Morgan fingerprint density at radius 3 is 2.24 bits per heavy atom. The van der Waals surface area contributed by atoms with Gasteiger partial charge in [0.25, 0.3) is 0 Å². The van der Waals surface area contributed by atoms with Gasteiger partial charge < -0.3 is 4.74 Å². The molecule has 0 aliphatic carbocycles. The molecule has 3 nitrogen and oxygen atoms in total. The lowest BCUT2D eigenvalue weighted by atomic mass is 10.2. The fourth-order valence-electron chi connectivity index (χ4n) is 1.05. The molecule has 6 heteroatoms. The summed E-state index contributed by atoms with van der Waals surface area (Å²) in [6, 6.07) is 1.34. The zero-order chi connectivity index (χ0) is 13.2. The summed E-state index contributed by atoms with van der Waals surface area (Å²) in [7, 11) is 0. The van der Waals surface area contributed by atoms with Gasteiger partial charge in [0.2, 0.25) is 0 Å². The molecule has 0 bridgehead atoms. The molecule has 1 aromatic carbocycles. The minimum Gasteiger partial charge on any atom is -0.444 e.